The smallest absolute Gasteiger partial charge is 0.0327 e. The molecule has 2 nitrogen and oxygen atoms in total. The Morgan fingerprint density at radius 1 is 0.867 bits per heavy atom. The van der Waals surface area contributed by atoms with Gasteiger partial charge in [0.2, 0.25) is 0 Å². The Morgan fingerprint density at radius 3 is 2.13 bits per heavy atom. The van der Waals surface area contributed by atoms with Crippen LogP contribution in [0.3, 0.4) is 0 Å². The molecule has 0 aliphatic rings. The van der Waals surface area contributed by atoms with Gasteiger partial charge in [0.15, 0.2) is 0 Å². The summed E-state index contributed by atoms with van der Waals surface area (Å²) in [6.07, 6.45) is 0. The SMILES string of the molecule is O=S([O-])c1ccccc1-c1ccccc1. The Hall–Kier alpha value is -1.45. The van der Waals surface area contributed by atoms with Crippen molar-refractivity contribution >= 4 is 11.1 Å². The fraction of sp³-hybridized carbons (Fsp3) is 0. The molecule has 0 aliphatic carbocycles. The zero-order valence-corrected chi connectivity index (χ0v) is 8.74. The van der Waals surface area contributed by atoms with Crippen LogP contribution in [0.4, 0.5) is 0 Å². The minimum absolute atomic E-state index is 0.337. The predicted octanol–water partition coefficient (Wildman–Crippen LogP) is 2.59. The quantitative estimate of drug-likeness (QED) is 0.725. The Labute approximate surface area is 90.9 Å². The molecule has 76 valence electrons. The topological polar surface area (TPSA) is 40.1 Å². The van der Waals surface area contributed by atoms with E-state index in [0.717, 1.165) is 11.1 Å². The van der Waals surface area contributed by atoms with Gasteiger partial charge in [-0.05, 0) is 28.3 Å². The Bertz CT molecular complexity index is 480. The highest BCUT2D eigenvalue weighted by atomic mass is 32.2. The molecular formula is C12H9O2S-. The summed E-state index contributed by atoms with van der Waals surface area (Å²) in [6, 6.07) is 16.4. The fourth-order valence-electron chi connectivity index (χ4n) is 1.47. The molecular weight excluding hydrogens is 208 g/mol. The van der Waals surface area contributed by atoms with Gasteiger partial charge in [0.05, 0.1) is 0 Å². The Kier molecular flexibility index (Phi) is 2.94. The van der Waals surface area contributed by atoms with Crippen LogP contribution in [0, 0.1) is 0 Å². The molecule has 15 heavy (non-hydrogen) atoms. The van der Waals surface area contributed by atoms with Crippen molar-refractivity contribution in [3.8, 4) is 11.1 Å². The molecule has 0 aromatic heterocycles. The van der Waals surface area contributed by atoms with Crippen LogP contribution < -0.4 is 0 Å². The second-order valence-corrected chi connectivity index (χ2v) is 4.01. The molecule has 0 spiro atoms. The van der Waals surface area contributed by atoms with Crippen molar-refractivity contribution in [2.45, 2.75) is 4.90 Å². The van der Waals surface area contributed by atoms with Crippen molar-refractivity contribution in [1.29, 1.82) is 0 Å². The molecule has 0 saturated heterocycles. The Balaban J connectivity index is 2.58. The summed E-state index contributed by atoms with van der Waals surface area (Å²) in [5, 5.41) is 0. The van der Waals surface area contributed by atoms with Gasteiger partial charge >= 0.3 is 0 Å². The average molecular weight is 217 g/mol. The Morgan fingerprint density at radius 2 is 1.47 bits per heavy atom. The predicted molar refractivity (Wildman–Crippen MR) is 59.1 cm³/mol. The molecule has 2 rings (SSSR count). The van der Waals surface area contributed by atoms with E-state index in [0.29, 0.717) is 4.90 Å². The zero-order valence-electron chi connectivity index (χ0n) is 7.92. The van der Waals surface area contributed by atoms with Gasteiger partial charge < -0.3 is 4.55 Å². The maximum Gasteiger partial charge on any atom is 0.0327 e. The van der Waals surface area contributed by atoms with Crippen LogP contribution in [0.5, 0.6) is 0 Å². The molecule has 0 aliphatic heterocycles. The van der Waals surface area contributed by atoms with Crippen LogP contribution in [-0.2, 0) is 11.1 Å². The minimum atomic E-state index is -2.19. The van der Waals surface area contributed by atoms with Crippen LogP contribution in [0.2, 0.25) is 0 Å². The second kappa shape index (κ2) is 4.38. The molecule has 0 N–H and O–H groups in total. The van der Waals surface area contributed by atoms with Gasteiger partial charge in [-0.2, -0.15) is 0 Å². The number of rotatable bonds is 2. The van der Waals surface area contributed by atoms with E-state index in [1.807, 2.05) is 36.4 Å². The van der Waals surface area contributed by atoms with Crippen molar-refractivity contribution in [1.82, 2.24) is 0 Å². The van der Waals surface area contributed by atoms with Crippen LogP contribution in [0.1, 0.15) is 0 Å². The maximum absolute atomic E-state index is 11.0. The van der Waals surface area contributed by atoms with E-state index in [9.17, 15) is 8.76 Å². The molecule has 0 saturated carbocycles. The highest BCUT2D eigenvalue weighted by Crippen LogP contribution is 2.24. The molecule has 0 fully saturated rings. The van der Waals surface area contributed by atoms with Gasteiger partial charge in [-0.3, -0.25) is 4.21 Å². The van der Waals surface area contributed by atoms with Gasteiger partial charge in [-0.25, -0.2) is 0 Å². The summed E-state index contributed by atoms with van der Waals surface area (Å²) in [7, 11) is 0. The van der Waals surface area contributed by atoms with Crippen molar-refractivity contribution < 1.29 is 8.76 Å². The van der Waals surface area contributed by atoms with E-state index in [2.05, 4.69) is 0 Å². The van der Waals surface area contributed by atoms with Crippen LogP contribution in [0.25, 0.3) is 11.1 Å². The molecule has 1 atom stereocenters. The van der Waals surface area contributed by atoms with E-state index in [1.165, 1.54) is 0 Å². The fourth-order valence-corrected chi connectivity index (χ4v) is 2.02. The number of benzene rings is 2. The molecule has 2 aromatic carbocycles. The summed E-state index contributed by atoms with van der Waals surface area (Å²) in [5.74, 6) is 0. The van der Waals surface area contributed by atoms with Crippen molar-refractivity contribution in [3.05, 3.63) is 54.6 Å². The third-order valence-electron chi connectivity index (χ3n) is 2.15. The first kappa shape index (κ1) is 10.1. The largest absolute Gasteiger partial charge is 0.768 e. The van der Waals surface area contributed by atoms with Gasteiger partial charge in [-0.1, -0.05) is 48.5 Å². The normalized spacial score (nSPS) is 12.3. The van der Waals surface area contributed by atoms with Gasteiger partial charge in [0, 0.05) is 4.90 Å². The highest BCUT2D eigenvalue weighted by Gasteiger charge is 2.03. The molecule has 0 bridgehead atoms. The third-order valence-corrected chi connectivity index (χ3v) is 2.87. The zero-order chi connectivity index (χ0) is 10.7. The summed E-state index contributed by atoms with van der Waals surface area (Å²) in [4.78, 5) is 0.337. The van der Waals surface area contributed by atoms with E-state index in [1.54, 1.807) is 18.2 Å². The lowest BCUT2D eigenvalue weighted by Crippen LogP contribution is -1.92. The van der Waals surface area contributed by atoms with Gasteiger partial charge in [0.1, 0.15) is 0 Å². The van der Waals surface area contributed by atoms with Crippen molar-refractivity contribution in [2.24, 2.45) is 0 Å². The van der Waals surface area contributed by atoms with Gasteiger partial charge in [0.25, 0.3) is 0 Å². The van der Waals surface area contributed by atoms with Gasteiger partial charge in [-0.15, -0.1) is 0 Å². The summed E-state index contributed by atoms with van der Waals surface area (Å²) >= 11 is -2.19. The molecule has 3 heteroatoms. The maximum atomic E-state index is 11.0. The van der Waals surface area contributed by atoms with Crippen LogP contribution in [-0.4, -0.2) is 8.76 Å². The third kappa shape index (κ3) is 2.14. The first-order valence-electron chi connectivity index (χ1n) is 4.53. The molecule has 0 radical (unpaired) electrons. The highest BCUT2D eigenvalue weighted by molar-refractivity contribution is 7.79. The lowest BCUT2D eigenvalue weighted by molar-refractivity contribution is 0.537. The van der Waals surface area contributed by atoms with E-state index in [4.69, 9.17) is 0 Å². The van der Waals surface area contributed by atoms with Crippen LogP contribution in [0.15, 0.2) is 59.5 Å². The standard InChI is InChI=1S/C12H10O2S/c13-15(14)12-9-5-4-8-11(12)10-6-2-1-3-7-10/h1-9H,(H,13,14)/p-1. The summed E-state index contributed by atoms with van der Waals surface area (Å²) in [5.41, 5.74) is 1.66. The molecule has 1 unspecified atom stereocenters. The lowest BCUT2D eigenvalue weighted by Gasteiger charge is -2.11. The summed E-state index contributed by atoms with van der Waals surface area (Å²) < 4.78 is 22.0. The molecule has 0 amide bonds. The van der Waals surface area contributed by atoms with E-state index < -0.39 is 11.1 Å². The van der Waals surface area contributed by atoms with Crippen molar-refractivity contribution in [3.63, 3.8) is 0 Å². The summed E-state index contributed by atoms with van der Waals surface area (Å²) in [6.45, 7) is 0. The first-order valence-corrected chi connectivity index (χ1v) is 5.60. The number of hydrogen-bond acceptors (Lipinski definition) is 2. The minimum Gasteiger partial charge on any atom is -0.768 e. The molecule has 0 heterocycles. The van der Waals surface area contributed by atoms with Crippen LogP contribution >= 0.6 is 0 Å². The first-order chi connectivity index (χ1) is 7.29. The molecule has 2 aromatic rings. The van der Waals surface area contributed by atoms with E-state index in [-0.39, 0.29) is 0 Å². The average Bonchev–Trinajstić information content (AvgIpc) is 2.30. The monoisotopic (exact) mass is 217 g/mol. The number of hydrogen-bond donors (Lipinski definition) is 0. The lowest BCUT2D eigenvalue weighted by atomic mass is 10.1. The van der Waals surface area contributed by atoms with Crippen molar-refractivity contribution in [2.75, 3.05) is 0 Å². The second-order valence-electron chi connectivity index (χ2n) is 3.10. The van der Waals surface area contributed by atoms with E-state index >= 15 is 0 Å².